The number of aliphatic hydroxyl groups excluding tert-OH is 1. The Morgan fingerprint density at radius 2 is 1.81 bits per heavy atom. The molecule has 16 heavy (non-hydrogen) atoms. The first-order valence-electron chi connectivity index (χ1n) is 6.90. The van der Waals surface area contributed by atoms with Crippen molar-refractivity contribution in [1.82, 2.24) is 10.2 Å². The molecular weight excluding hydrogens is 200 g/mol. The highest BCUT2D eigenvalue weighted by atomic mass is 16.2. The van der Waals surface area contributed by atoms with Crippen molar-refractivity contribution in [1.29, 1.82) is 0 Å². The maximum atomic E-state index is 8.64. The summed E-state index contributed by atoms with van der Waals surface area (Å²) >= 11 is 0. The molecule has 0 saturated carbocycles. The number of nitrogens with zero attached hydrogens (tertiary/aromatic N) is 1. The van der Waals surface area contributed by atoms with Gasteiger partial charge in [0.2, 0.25) is 0 Å². The molecule has 1 unspecified atom stereocenters. The molecule has 0 amide bonds. The third-order valence-electron chi connectivity index (χ3n) is 3.47. The topological polar surface area (TPSA) is 35.5 Å². The fourth-order valence-corrected chi connectivity index (χ4v) is 2.34. The van der Waals surface area contributed by atoms with E-state index in [9.17, 15) is 0 Å². The summed E-state index contributed by atoms with van der Waals surface area (Å²) in [7, 11) is 0. The van der Waals surface area contributed by atoms with Gasteiger partial charge in [-0.25, -0.2) is 0 Å². The molecular formula is C13H28N2O. The molecule has 0 aromatic carbocycles. The molecule has 1 fully saturated rings. The van der Waals surface area contributed by atoms with Crippen LogP contribution in [0.2, 0.25) is 0 Å². The number of unbranched alkanes of at least 4 members (excludes halogenated alkanes) is 3. The largest absolute Gasteiger partial charge is 0.396 e. The second kappa shape index (κ2) is 8.97. The van der Waals surface area contributed by atoms with Crippen LogP contribution < -0.4 is 5.32 Å². The van der Waals surface area contributed by atoms with Crippen LogP contribution in [-0.2, 0) is 0 Å². The second-order valence-corrected chi connectivity index (χ2v) is 4.93. The summed E-state index contributed by atoms with van der Waals surface area (Å²) in [6, 6.07) is 0.694. The maximum Gasteiger partial charge on any atom is 0.0431 e. The number of hydrogen-bond acceptors (Lipinski definition) is 3. The van der Waals surface area contributed by atoms with E-state index in [-0.39, 0.29) is 0 Å². The minimum absolute atomic E-state index is 0.347. The highest BCUT2D eigenvalue weighted by molar-refractivity contribution is 4.74. The van der Waals surface area contributed by atoms with Gasteiger partial charge in [0.15, 0.2) is 0 Å². The average Bonchev–Trinajstić information content (AvgIpc) is 2.81. The number of likely N-dealkylation sites (tertiary alicyclic amines) is 1. The molecule has 1 saturated heterocycles. The van der Waals surface area contributed by atoms with Crippen molar-refractivity contribution >= 4 is 0 Å². The molecule has 0 aromatic rings. The van der Waals surface area contributed by atoms with Crippen LogP contribution >= 0.6 is 0 Å². The molecule has 3 nitrogen and oxygen atoms in total. The van der Waals surface area contributed by atoms with Gasteiger partial charge in [0.1, 0.15) is 0 Å². The van der Waals surface area contributed by atoms with Crippen molar-refractivity contribution in [3.05, 3.63) is 0 Å². The third-order valence-corrected chi connectivity index (χ3v) is 3.47. The first kappa shape index (κ1) is 13.9. The van der Waals surface area contributed by atoms with Gasteiger partial charge in [-0.15, -0.1) is 0 Å². The Morgan fingerprint density at radius 3 is 2.50 bits per heavy atom. The first-order chi connectivity index (χ1) is 7.84. The minimum atomic E-state index is 0.347. The van der Waals surface area contributed by atoms with Gasteiger partial charge in [-0.1, -0.05) is 12.8 Å². The standard InChI is InChI=1S/C13H28N2O/c1-13(15-9-5-6-10-15)12-14-8-4-2-3-7-11-16/h13-14,16H,2-12H2,1H3. The smallest absolute Gasteiger partial charge is 0.0431 e. The summed E-state index contributed by atoms with van der Waals surface area (Å²) in [5.41, 5.74) is 0. The third kappa shape index (κ3) is 5.83. The number of aliphatic hydroxyl groups is 1. The molecule has 0 spiro atoms. The Bertz CT molecular complexity index is 158. The van der Waals surface area contributed by atoms with E-state index in [1.165, 1.54) is 45.2 Å². The van der Waals surface area contributed by atoms with Crippen molar-refractivity contribution in [3.63, 3.8) is 0 Å². The van der Waals surface area contributed by atoms with E-state index in [0.29, 0.717) is 12.6 Å². The average molecular weight is 228 g/mol. The van der Waals surface area contributed by atoms with Gasteiger partial charge < -0.3 is 10.4 Å². The number of hydrogen-bond donors (Lipinski definition) is 2. The summed E-state index contributed by atoms with van der Waals surface area (Å²) in [6.45, 7) is 7.51. The molecule has 0 bridgehead atoms. The summed E-state index contributed by atoms with van der Waals surface area (Å²) in [5, 5.41) is 12.2. The predicted molar refractivity (Wildman–Crippen MR) is 68.7 cm³/mol. The highest BCUT2D eigenvalue weighted by Gasteiger charge is 2.16. The van der Waals surface area contributed by atoms with Crippen LogP contribution in [0.5, 0.6) is 0 Å². The zero-order chi connectivity index (χ0) is 11.6. The lowest BCUT2D eigenvalue weighted by Crippen LogP contribution is -2.38. The SMILES string of the molecule is CC(CNCCCCCCO)N1CCCC1. The molecule has 1 aliphatic rings. The van der Waals surface area contributed by atoms with E-state index in [2.05, 4.69) is 17.1 Å². The van der Waals surface area contributed by atoms with E-state index in [1.54, 1.807) is 0 Å². The van der Waals surface area contributed by atoms with Crippen LogP contribution in [0.4, 0.5) is 0 Å². The zero-order valence-corrected chi connectivity index (χ0v) is 10.7. The van der Waals surface area contributed by atoms with Crippen LogP contribution in [0.1, 0.15) is 45.4 Å². The number of rotatable bonds is 9. The normalized spacial score (nSPS) is 19.1. The van der Waals surface area contributed by atoms with Gasteiger partial charge >= 0.3 is 0 Å². The summed E-state index contributed by atoms with van der Waals surface area (Å²) < 4.78 is 0. The number of nitrogens with one attached hydrogen (secondary N) is 1. The Morgan fingerprint density at radius 1 is 1.12 bits per heavy atom. The fraction of sp³-hybridized carbons (Fsp3) is 1.00. The lowest BCUT2D eigenvalue weighted by Gasteiger charge is -2.23. The Hall–Kier alpha value is -0.120. The van der Waals surface area contributed by atoms with Gasteiger partial charge in [-0.05, 0) is 52.2 Å². The molecule has 96 valence electrons. The van der Waals surface area contributed by atoms with Gasteiger partial charge in [0.05, 0.1) is 0 Å². The quantitative estimate of drug-likeness (QED) is 0.589. The van der Waals surface area contributed by atoms with Gasteiger partial charge in [-0.2, -0.15) is 0 Å². The predicted octanol–water partition coefficient (Wildman–Crippen LogP) is 1.61. The van der Waals surface area contributed by atoms with E-state index < -0.39 is 0 Å². The Kier molecular flexibility index (Phi) is 7.81. The monoisotopic (exact) mass is 228 g/mol. The van der Waals surface area contributed by atoms with Gasteiger partial charge in [0.25, 0.3) is 0 Å². The lowest BCUT2D eigenvalue weighted by atomic mass is 10.2. The Balaban J connectivity index is 1.86. The van der Waals surface area contributed by atoms with Crippen molar-refractivity contribution in [2.24, 2.45) is 0 Å². The lowest BCUT2D eigenvalue weighted by molar-refractivity contribution is 0.251. The van der Waals surface area contributed by atoms with Crippen LogP contribution in [0, 0.1) is 0 Å². The van der Waals surface area contributed by atoms with Crippen molar-refractivity contribution < 1.29 is 5.11 Å². The minimum Gasteiger partial charge on any atom is -0.396 e. The molecule has 1 aliphatic heterocycles. The summed E-state index contributed by atoms with van der Waals surface area (Å²) in [6.07, 6.45) is 7.37. The first-order valence-corrected chi connectivity index (χ1v) is 6.90. The zero-order valence-electron chi connectivity index (χ0n) is 10.7. The summed E-state index contributed by atoms with van der Waals surface area (Å²) in [4.78, 5) is 2.58. The molecule has 2 N–H and O–H groups in total. The van der Waals surface area contributed by atoms with Crippen molar-refractivity contribution in [2.75, 3.05) is 32.8 Å². The van der Waals surface area contributed by atoms with Crippen LogP contribution in [-0.4, -0.2) is 48.8 Å². The highest BCUT2D eigenvalue weighted by Crippen LogP contribution is 2.10. The van der Waals surface area contributed by atoms with E-state index in [1.807, 2.05) is 0 Å². The molecule has 0 radical (unpaired) electrons. The molecule has 0 aromatic heterocycles. The molecule has 0 aliphatic carbocycles. The molecule has 1 heterocycles. The van der Waals surface area contributed by atoms with Crippen LogP contribution in [0.15, 0.2) is 0 Å². The van der Waals surface area contributed by atoms with E-state index in [4.69, 9.17) is 5.11 Å². The fourth-order valence-electron chi connectivity index (χ4n) is 2.34. The molecule has 1 atom stereocenters. The van der Waals surface area contributed by atoms with E-state index >= 15 is 0 Å². The summed E-state index contributed by atoms with van der Waals surface area (Å²) in [5.74, 6) is 0. The Labute approximate surface area is 100 Å². The van der Waals surface area contributed by atoms with Gasteiger partial charge in [-0.3, -0.25) is 4.90 Å². The van der Waals surface area contributed by atoms with Crippen LogP contribution in [0.25, 0.3) is 0 Å². The molecule has 3 heteroatoms. The second-order valence-electron chi connectivity index (χ2n) is 4.93. The van der Waals surface area contributed by atoms with Crippen molar-refractivity contribution in [3.8, 4) is 0 Å². The van der Waals surface area contributed by atoms with E-state index in [0.717, 1.165) is 19.5 Å². The van der Waals surface area contributed by atoms with Gasteiger partial charge in [0, 0.05) is 19.2 Å². The maximum absolute atomic E-state index is 8.64. The molecule has 1 rings (SSSR count). The van der Waals surface area contributed by atoms with Crippen molar-refractivity contribution in [2.45, 2.75) is 51.5 Å². The van der Waals surface area contributed by atoms with Crippen LogP contribution in [0.3, 0.4) is 0 Å².